The lowest BCUT2D eigenvalue weighted by Gasteiger charge is -2.03. The lowest BCUT2D eigenvalue weighted by Crippen LogP contribution is -2.19. The van der Waals surface area contributed by atoms with Crippen LogP contribution in [0.5, 0.6) is 0 Å². The van der Waals surface area contributed by atoms with Crippen LogP contribution < -0.4 is 0 Å². The van der Waals surface area contributed by atoms with Gasteiger partial charge in [-0.2, -0.15) is 8.42 Å². The third-order valence-corrected chi connectivity index (χ3v) is 1.92. The standard InChI is InChI=1S/C4H7BrO4S/c1-3(4(5)6)9-10(2,7)8/h3H,1-2H3/t3-/m0/s1. The maximum Gasteiger partial charge on any atom is 0.265 e. The van der Waals surface area contributed by atoms with Gasteiger partial charge in [0.1, 0.15) is 6.10 Å². The van der Waals surface area contributed by atoms with E-state index in [0.717, 1.165) is 6.26 Å². The van der Waals surface area contributed by atoms with Crippen LogP contribution in [0.25, 0.3) is 0 Å². The van der Waals surface area contributed by atoms with Crippen LogP contribution in [0, 0.1) is 0 Å². The minimum Gasteiger partial charge on any atom is -0.284 e. The van der Waals surface area contributed by atoms with E-state index >= 15 is 0 Å². The van der Waals surface area contributed by atoms with Crippen LogP contribution in [0.3, 0.4) is 0 Å². The van der Waals surface area contributed by atoms with Crippen LogP contribution >= 0.6 is 15.9 Å². The molecule has 1 atom stereocenters. The van der Waals surface area contributed by atoms with Gasteiger partial charge in [0.25, 0.3) is 10.1 Å². The van der Waals surface area contributed by atoms with E-state index in [9.17, 15) is 13.2 Å². The highest BCUT2D eigenvalue weighted by Gasteiger charge is 2.15. The van der Waals surface area contributed by atoms with E-state index in [1.807, 2.05) is 0 Å². The molecule has 0 heterocycles. The minimum atomic E-state index is -3.52. The predicted molar refractivity (Wildman–Crippen MR) is 39.3 cm³/mol. The smallest absolute Gasteiger partial charge is 0.265 e. The van der Waals surface area contributed by atoms with E-state index in [0.29, 0.717) is 0 Å². The molecule has 0 saturated heterocycles. The van der Waals surface area contributed by atoms with Crippen LogP contribution in [0.2, 0.25) is 0 Å². The summed E-state index contributed by atoms with van der Waals surface area (Å²) in [7, 11) is -3.52. The molecule has 0 radical (unpaired) electrons. The second-order valence-electron chi connectivity index (χ2n) is 1.75. The van der Waals surface area contributed by atoms with Gasteiger partial charge in [-0.15, -0.1) is 0 Å². The molecular weight excluding hydrogens is 224 g/mol. The van der Waals surface area contributed by atoms with E-state index in [4.69, 9.17) is 0 Å². The van der Waals surface area contributed by atoms with Crippen LogP contribution in [0.4, 0.5) is 0 Å². The Hall–Kier alpha value is 0.0600. The normalized spacial score (nSPS) is 14.7. The number of carbonyl (C=O) groups is 1. The van der Waals surface area contributed by atoms with E-state index in [2.05, 4.69) is 20.1 Å². The number of hydrogen-bond acceptors (Lipinski definition) is 4. The van der Waals surface area contributed by atoms with Crippen molar-refractivity contribution in [3.63, 3.8) is 0 Å². The fourth-order valence-corrected chi connectivity index (χ4v) is 1.13. The first kappa shape index (κ1) is 10.1. The Balaban J connectivity index is 4.06. The van der Waals surface area contributed by atoms with Gasteiger partial charge < -0.3 is 0 Å². The molecule has 6 heteroatoms. The van der Waals surface area contributed by atoms with Crippen LogP contribution in [-0.2, 0) is 19.1 Å². The Morgan fingerprint density at radius 2 is 2.00 bits per heavy atom. The molecule has 10 heavy (non-hydrogen) atoms. The van der Waals surface area contributed by atoms with E-state index in [1.54, 1.807) is 0 Å². The summed E-state index contributed by atoms with van der Waals surface area (Å²) in [6.45, 7) is 1.35. The Labute approximate surface area is 67.8 Å². The molecule has 4 nitrogen and oxygen atoms in total. The van der Waals surface area contributed by atoms with Crippen molar-refractivity contribution >= 4 is 30.7 Å². The van der Waals surface area contributed by atoms with E-state index in [-0.39, 0.29) is 0 Å². The molecule has 0 aromatic rings. The van der Waals surface area contributed by atoms with Gasteiger partial charge >= 0.3 is 0 Å². The highest BCUT2D eigenvalue weighted by Crippen LogP contribution is 2.01. The molecule has 0 N–H and O–H groups in total. The van der Waals surface area contributed by atoms with Gasteiger partial charge in [-0.05, 0) is 22.9 Å². The van der Waals surface area contributed by atoms with Crippen LogP contribution in [0.15, 0.2) is 0 Å². The quantitative estimate of drug-likeness (QED) is 0.516. The number of hydrogen-bond donors (Lipinski definition) is 0. The van der Waals surface area contributed by atoms with Crippen molar-refractivity contribution in [3.05, 3.63) is 0 Å². The lowest BCUT2D eigenvalue weighted by molar-refractivity contribution is -0.115. The zero-order chi connectivity index (χ0) is 8.36. The van der Waals surface area contributed by atoms with Crippen molar-refractivity contribution in [2.24, 2.45) is 0 Å². The SMILES string of the molecule is C[C@H](OS(C)(=O)=O)C(=O)Br. The molecule has 0 rings (SSSR count). The summed E-state index contributed by atoms with van der Waals surface area (Å²) in [5.74, 6) is 0. The van der Waals surface area contributed by atoms with Crippen molar-refractivity contribution in [1.82, 2.24) is 0 Å². The predicted octanol–water partition coefficient (Wildman–Crippen LogP) is 0.273. The van der Waals surface area contributed by atoms with Crippen molar-refractivity contribution < 1.29 is 17.4 Å². The molecule has 0 spiro atoms. The van der Waals surface area contributed by atoms with Gasteiger partial charge in [0, 0.05) is 0 Å². The summed E-state index contributed by atoms with van der Waals surface area (Å²) >= 11 is 2.56. The monoisotopic (exact) mass is 230 g/mol. The summed E-state index contributed by atoms with van der Waals surface area (Å²) < 4.78 is 24.5. The highest BCUT2D eigenvalue weighted by atomic mass is 79.9. The molecule has 0 aliphatic rings. The molecule has 0 bridgehead atoms. The minimum absolute atomic E-state index is 0.488. The topological polar surface area (TPSA) is 60.4 Å². The molecule has 0 aliphatic carbocycles. The van der Waals surface area contributed by atoms with E-state index in [1.165, 1.54) is 6.92 Å². The zero-order valence-electron chi connectivity index (χ0n) is 5.50. The Morgan fingerprint density at radius 1 is 1.60 bits per heavy atom. The first-order valence-electron chi connectivity index (χ1n) is 2.40. The fraction of sp³-hybridized carbons (Fsp3) is 0.750. The van der Waals surface area contributed by atoms with Crippen LogP contribution in [-0.4, -0.2) is 25.5 Å². The van der Waals surface area contributed by atoms with Crippen LogP contribution in [0.1, 0.15) is 6.92 Å². The van der Waals surface area contributed by atoms with Gasteiger partial charge in [0.2, 0.25) is 4.69 Å². The van der Waals surface area contributed by atoms with Crippen molar-refractivity contribution in [1.29, 1.82) is 0 Å². The average Bonchev–Trinajstić information content (AvgIpc) is 1.60. The third kappa shape index (κ3) is 4.89. The third-order valence-electron chi connectivity index (χ3n) is 0.639. The summed E-state index contributed by atoms with van der Waals surface area (Å²) in [6.07, 6.45) is -0.0607. The van der Waals surface area contributed by atoms with Crippen molar-refractivity contribution in [2.45, 2.75) is 13.0 Å². The first-order valence-corrected chi connectivity index (χ1v) is 5.01. The fourth-order valence-electron chi connectivity index (χ4n) is 0.300. The van der Waals surface area contributed by atoms with Gasteiger partial charge in [-0.25, -0.2) is 0 Å². The molecule has 60 valence electrons. The summed E-state index contributed by atoms with van der Waals surface area (Å²) in [5, 5.41) is 0. The Kier molecular flexibility index (Phi) is 3.47. The number of halogens is 1. The second-order valence-corrected chi connectivity index (χ2v) is 4.13. The molecular formula is C4H7BrO4S. The van der Waals surface area contributed by atoms with E-state index < -0.39 is 20.9 Å². The van der Waals surface area contributed by atoms with Crippen molar-refractivity contribution in [3.8, 4) is 0 Å². The largest absolute Gasteiger partial charge is 0.284 e. The zero-order valence-corrected chi connectivity index (χ0v) is 7.90. The molecule has 0 aromatic carbocycles. The second kappa shape index (κ2) is 3.45. The summed E-state index contributed by atoms with van der Waals surface area (Å²) in [6, 6.07) is 0. The summed E-state index contributed by atoms with van der Waals surface area (Å²) in [5.41, 5.74) is 0. The Bertz CT molecular complexity index is 219. The molecule has 0 amide bonds. The van der Waals surface area contributed by atoms with Gasteiger partial charge in [-0.3, -0.25) is 8.98 Å². The molecule has 0 aliphatic heterocycles. The average molecular weight is 231 g/mol. The maximum absolute atomic E-state index is 10.4. The number of rotatable bonds is 3. The summed E-state index contributed by atoms with van der Waals surface area (Å²) in [4.78, 5) is 10.3. The molecule has 0 fully saturated rings. The molecule has 0 aromatic heterocycles. The first-order chi connectivity index (χ1) is 4.33. The molecule has 0 saturated carbocycles. The van der Waals surface area contributed by atoms with Gasteiger partial charge in [0.15, 0.2) is 0 Å². The lowest BCUT2D eigenvalue weighted by atomic mass is 10.5. The Morgan fingerprint density at radius 3 is 2.10 bits per heavy atom. The van der Waals surface area contributed by atoms with Crippen molar-refractivity contribution in [2.75, 3.05) is 6.26 Å². The highest BCUT2D eigenvalue weighted by molar-refractivity contribution is 9.18. The number of carbonyl (C=O) groups excluding carboxylic acids is 1. The maximum atomic E-state index is 10.4. The molecule has 0 unspecified atom stereocenters. The van der Waals surface area contributed by atoms with Gasteiger partial charge in [0.05, 0.1) is 6.26 Å². The van der Waals surface area contributed by atoms with Gasteiger partial charge in [-0.1, -0.05) is 0 Å².